The van der Waals surface area contributed by atoms with Crippen LogP contribution in [0.1, 0.15) is 40.9 Å². The van der Waals surface area contributed by atoms with E-state index in [0.717, 1.165) is 25.1 Å². The Morgan fingerprint density at radius 2 is 2.00 bits per heavy atom. The smallest absolute Gasteiger partial charge is 0.0579 e. The van der Waals surface area contributed by atoms with Gasteiger partial charge in [-0.05, 0) is 49.7 Å². The fourth-order valence-corrected chi connectivity index (χ4v) is 3.20. The van der Waals surface area contributed by atoms with Crippen molar-refractivity contribution in [1.29, 1.82) is 0 Å². The molecule has 0 amide bonds. The van der Waals surface area contributed by atoms with E-state index in [2.05, 4.69) is 49.3 Å². The van der Waals surface area contributed by atoms with Crippen LogP contribution in [0.2, 0.25) is 0 Å². The van der Waals surface area contributed by atoms with Crippen molar-refractivity contribution in [1.82, 2.24) is 10.3 Å². The number of hydrogen-bond acceptors (Lipinski definition) is 3. The molecule has 0 saturated carbocycles. The van der Waals surface area contributed by atoms with E-state index in [9.17, 15) is 0 Å². The standard InChI is InChI=1S/C16H22N2S/c1-4-13-6-7-14(19-13)11-16(17-5-2)15-10-12(3)8-9-18-15/h6-10,16-17H,4-5,11H2,1-3H3. The van der Waals surface area contributed by atoms with Crippen molar-refractivity contribution in [3.05, 3.63) is 51.5 Å². The monoisotopic (exact) mass is 274 g/mol. The Labute approximate surface area is 119 Å². The lowest BCUT2D eigenvalue weighted by atomic mass is 10.1. The van der Waals surface area contributed by atoms with Gasteiger partial charge in [0.1, 0.15) is 0 Å². The molecule has 1 unspecified atom stereocenters. The van der Waals surface area contributed by atoms with Crippen LogP contribution in [-0.4, -0.2) is 11.5 Å². The number of thiophene rings is 1. The number of aromatic nitrogens is 1. The molecule has 2 nitrogen and oxygen atoms in total. The molecular weight excluding hydrogens is 252 g/mol. The quantitative estimate of drug-likeness (QED) is 0.864. The van der Waals surface area contributed by atoms with Crippen LogP contribution in [0.25, 0.3) is 0 Å². The normalized spacial score (nSPS) is 12.6. The van der Waals surface area contributed by atoms with Crippen molar-refractivity contribution in [2.75, 3.05) is 6.54 Å². The number of nitrogens with one attached hydrogen (secondary N) is 1. The molecule has 0 aromatic carbocycles. The first kappa shape index (κ1) is 14.2. The molecule has 0 fully saturated rings. The predicted molar refractivity (Wildman–Crippen MR) is 82.8 cm³/mol. The fourth-order valence-electron chi connectivity index (χ4n) is 2.20. The summed E-state index contributed by atoms with van der Waals surface area (Å²) in [6, 6.07) is 9.04. The van der Waals surface area contributed by atoms with Gasteiger partial charge in [0, 0.05) is 22.4 Å². The highest BCUT2D eigenvalue weighted by atomic mass is 32.1. The van der Waals surface area contributed by atoms with Crippen LogP contribution in [-0.2, 0) is 12.8 Å². The van der Waals surface area contributed by atoms with E-state index in [1.54, 1.807) is 0 Å². The molecule has 0 bridgehead atoms. The van der Waals surface area contributed by atoms with E-state index >= 15 is 0 Å². The molecule has 1 N–H and O–H groups in total. The van der Waals surface area contributed by atoms with E-state index < -0.39 is 0 Å². The maximum Gasteiger partial charge on any atom is 0.0579 e. The Kier molecular flexibility index (Phi) is 5.11. The molecule has 0 aliphatic rings. The maximum atomic E-state index is 4.52. The molecule has 2 aromatic rings. The molecule has 0 saturated heterocycles. The highest BCUT2D eigenvalue weighted by Crippen LogP contribution is 2.23. The molecule has 0 spiro atoms. The Balaban J connectivity index is 2.15. The van der Waals surface area contributed by atoms with Crippen LogP contribution in [0.3, 0.4) is 0 Å². The highest BCUT2D eigenvalue weighted by Gasteiger charge is 2.13. The first-order valence-corrected chi connectivity index (χ1v) is 7.78. The summed E-state index contributed by atoms with van der Waals surface area (Å²) in [5.41, 5.74) is 2.42. The molecule has 3 heteroatoms. The van der Waals surface area contributed by atoms with Crippen LogP contribution in [0.4, 0.5) is 0 Å². The van der Waals surface area contributed by atoms with Crippen LogP contribution in [0.15, 0.2) is 30.5 Å². The second-order valence-corrected chi connectivity index (χ2v) is 6.05. The third-order valence-electron chi connectivity index (χ3n) is 3.22. The van der Waals surface area contributed by atoms with Crippen molar-refractivity contribution in [3.63, 3.8) is 0 Å². The molecule has 2 heterocycles. The number of aryl methyl sites for hydroxylation is 2. The van der Waals surface area contributed by atoms with E-state index in [4.69, 9.17) is 0 Å². The first-order chi connectivity index (χ1) is 9.22. The number of hydrogen-bond donors (Lipinski definition) is 1. The molecule has 102 valence electrons. The number of pyridine rings is 1. The minimum absolute atomic E-state index is 0.313. The summed E-state index contributed by atoms with van der Waals surface area (Å²) in [7, 11) is 0. The minimum Gasteiger partial charge on any atom is -0.309 e. The first-order valence-electron chi connectivity index (χ1n) is 6.96. The Morgan fingerprint density at radius 3 is 2.63 bits per heavy atom. The van der Waals surface area contributed by atoms with Gasteiger partial charge in [0.2, 0.25) is 0 Å². The van der Waals surface area contributed by atoms with Crippen molar-refractivity contribution in [3.8, 4) is 0 Å². The molecule has 2 aromatic heterocycles. The van der Waals surface area contributed by atoms with Gasteiger partial charge >= 0.3 is 0 Å². The summed E-state index contributed by atoms with van der Waals surface area (Å²) in [4.78, 5) is 7.42. The van der Waals surface area contributed by atoms with Gasteiger partial charge in [0.25, 0.3) is 0 Å². The van der Waals surface area contributed by atoms with Gasteiger partial charge in [-0.1, -0.05) is 13.8 Å². The van der Waals surface area contributed by atoms with Crippen LogP contribution in [0, 0.1) is 6.92 Å². The van der Waals surface area contributed by atoms with Crippen LogP contribution >= 0.6 is 11.3 Å². The zero-order chi connectivity index (χ0) is 13.7. The van der Waals surface area contributed by atoms with E-state index in [0.29, 0.717) is 6.04 Å². The highest BCUT2D eigenvalue weighted by molar-refractivity contribution is 7.11. The van der Waals surface area contributed by atoms with Gasteiger partial charge in [-0.3, -0.25) is 4.98 Å². The van der Waals surface area contributed by atoms with Gasteiger partial charge in [0.05, 0.1) is 11.7 Å². The largest absolute Gasteiger partial charge is 0.309 e. The number of rotatable bonds is 6. The van der Waals surface area contributed by atoms with E-state index in [1.807, 2.05) is 23.6 Å². The molecule has 2 rings (SSSR count). The van der Waals surface area contributed by atoms with Crippen molar-refractivity contribution < 1.29 is 0 Å². The third kappa shape index (κ3) is 3.88. The summed E-state index contributed by atoms with van der Waals surface area (Å²) in [6.45, 7) is 7.44. The van der Waals surface area contributed by atoms with Crippen LogP contribution < -0.4 is 5.32 Å². The van der Waals surface area contributed by atoms with E-state index in [-0.39, 0.29) is 0 Å². The van der Waals surface area contributed by atoms with Crippen molar-refractivity contribution >= 4 is 11.3 Å². The Morgan fingerprint density at radius 1 is 1.21 bits per heavy atom. The number of likely N-dealkylation sites (N-methyl/N-ethyl adjacent to an activating group) is 1. The number of nitrogens with zero attached hydrogens (tertiary/aromatic N) is 1. The Bertz CT molecular complexity index is 519. The lowest BCUT2D eigenvalue weighted by Crippen LogP contribution is -2.23. The summed E-state index contributed by atoms with van der Waals surface area (Å²) in [5.74, 6) is 0. The molecule has 1 atom stereocenters. The summed E-state index contributed by atoms with van der Waals surface area (Å²) in [6.07, 6.45) is 4.05. The van der Waals surface area contributed by atoms with Gasteiger partial charge < -0.3 is 5.32 Å². The molecular formula is C16H22N2S. The minimum atomic E-state index is 0.313. The van der Waals surface area contributed by atoms with Gasteiger partial charge in [-0.15, -0.1) is 11.3 Å². The predicted octanol–water partition coefficient (Wildman–Crippen LogP) is 3.91. The fraction of sp³-hybridized carbons (Fsp3) is 0.438. The topological polar surface area (TPSA) is 24.9 Å². The van der Waals surface area contributed by atoms with Gasteiger partial charge in [-0.25, -0.2) is 0 Å². The molecule has 0 aliphatic heterocycles. The zero-order valence-electron chi connectivity index (χ0n) is 11.9. The van der Waals surface area contributed by atoms with Crippen molar-refractivity contribution in [2.24, 2.45) is 0 Å². The van der Waals surface area contributed by atoms with Crippen LogP contribution in [0.5, 0.6) is 0 Å². The lowest BCUT2D eigenvalue weighted by Gasteiger charge is -2.17. The average Bonchev–Trinajstić information content (AvgIpc) is 2.86. The molecule has 0 aliphatic carbocycles. The summed E-state index contributed by atoms with van der Waals surface area (Å²) < 4.78 is 0. The Hall–Kier alpha value is -1.19. The van der Waals surface area contributed by atoms with Gasteiger partial charge in [-0.2, -0.15) is 0 Å². The summed E-state index contributed by atoms with van der Waals surface area (Å²) >= 11 is 1.92. The second-order valence-electron chi connectivity index (χ2n) is 4.79. The molecule has 19 heavy (non-hydrogen) atoms. The molecule has 0 radical (unpaired) electrons. The average molecular weight is 274 g/mol. The summed E-state index contributed by atoms with van der Waals surface area (Å²) in [5, 5.41) is 3.55. The third-order valence-corrected chi connectivity index (χ3v) is 4.47. The zero-order valence-corrected chi connectivity index (χ0v) is 12.8. The van der Waals surface area contributed by atoms with Gasteiger partial charge in [0.15, 0.2) is 0 Å². The van der Waals surface area contributed by atoms with E-state index in [1.165, 1.54) is 15.3 Å². The SMILES string of the molecule is CCNC(Cc1ccc(CC)s1)c1cc(C)ccn1. The van der Waals surface area contributed by atoms with Crippen molar-refractivity contribution in [2.45, 2.75) is 39.7 Å². The lowest BCUT2D eigenvalue weighted by molar-refractivity contribution is 0.539. The second kappa shape index (κ2) is 6.83. The maximum absolute atomic E-state index is 4.52.